The number of sulfonamides is 1. The largest absolute Gasteiger partial charge is 0.464 e. The van der Waals surface area contributed by atoms with Crippen LogP contribution < -0.4 is 0 Å². The molecular weight excluding hydrogens is 426 g/mol. The van der Waals surface area contributed by atoms with E-state index < -0.39 is 28.1 Å². The molecule has 2 amide bonds. The standard InChI is InChI=1S/C20H27N3O7S/c1-3-29-19(25)17-14-30-20(26)23(17)15-9-11-22(12-10-15)18(24)13-21(2)31(27,28)16-7-5-4-6-8-16/h4-8,15,17H,3,9-14H2,1-2H3. The lowest BCUT2D eigenvalue weighted by molar-refractivity contribution is -0.149. The van der Waals surface area contributed by atoms with Crippen molar-refractivity contribution >= 4 is 28.0 Å². The number of likely N-dealkylation sites (tertiary alicyclic amines) is 1. The topological polar surface area (TPSA) is 114 Å². The maximum Gasteiger partial charge on any atom is 0.410 e. The number of rotatable bonds is 7. The number of piperidine rings is 1. The molecule has 2 saturated heterocycles. The van der Waals surface area contributed by atoms with Crippen LogP contribution in [0.2, 0.25) is 0 Å². The lowest BCUT2D eigenvalue weighted by Gasteiger charge is -2.37. The number of nitrogens with zero attached hydrogens (tertiary/aromatic N) is 3. The highest BCUT2D eigenvalue weighted by atomic mass is 32.2. The second-order valence-corrected chi connectivity index (χ2v) is 9.48. The van der Waals surface area contributed by atoms with Crippen LogP contribution in [0.4, 0.5) is 4.79 Å². The number of likely N-dealkylation sites (N-methyl/N-ethyl adjacent to an activating group) is 1. The van der Waals surface area contributed by atoms with Crippen molar-refractivity contribution in [1.29, 1.82) is 0 Å². The first-order valence-corrected chi connectivity index (χ1v) is 11.6. The molecule has 1 unspecified atom stereocenters. The van der Waals surface area contributed by atoms with Crippen LogP contribution in [0.25, 0.3) is 0 Å². The Morgan fingerprint density at radius 3 is 2.45 bits per heavy atom. The zero-order chi connectivity index (χ0) is 22.6. The van der Waals surface area contributed by atoms with Gasteiger partial charge in [-0.2, -0.15) is 4.31 Å². The Hall–Kier alpha value is -2.66. The summed E-state index contributed by atoms with van der Waals surface area (Å²) in [4.78, 5) is 40.1. The number of hydrogen-bond acceptors (Lipinski definition) is 7. The molecule has 1 atom stereocenters. The van der Waals surface area contributed by atoms with E-state index in [-0.39, 0.29) is 36.6 Å². The number of carbonyl (C=O) groups is 3. The van der Waals surface area contributed by atoms with Gasteiger partial charge in [-0.15, -0.1) is 0 Å². The molecule has 0 radical (unpaired) electrons. The van der Waals surface area contributed by atoms with Crippen molar-refractivity contribution in [2.24, 2.45) is 0 Å². The first-order valence-electron chi connectivity index (χ1n) is 10.2. The van der Waals surface area contributed by atoms with Crippen molar-refractivity contribution in [3.05, 3.63) is 30.3 Å². The van der Waals surface area contributed by atoms with Crippen LogP contribution in [0.3, 0.4) is 0 Å². The number of esters is 1. The number of cyclic esters (lactones) is 1. The zero-order valence-electron chi connectivity index (χ0n) is 17.6. The zero-order valence-corrected chi connectivity index (χ0v) is 18.4. The Balaban J connectivity index is 1.57. The summed E-state index contributed by atoms with van der Waals surface area (Å²) < 4.78 is 36.3. The minimum absolute atomic E-state index is 0.0427. The Kier molecular flexibility index (Phi) is 7.16. The molecule has 0 saturated carbocycles. The lowest BCUT2D eigenvalue weighted by Crippen LogP contribution is -2.53. The van der Waals surface area contributed by atoms with Gasteiger partial charge in [0.1, 0.15) is 6.61 Å². The SMILES string of the molecule is CCOC(=O)C1COC(=O)N1C1CCN(C(=O)CN(C)S(=O)(=O)c2ccccc2)CC1. The molecule has 2 fully saturated rings. The molecule has 3 rings (SSSR count). The van der Waals surface area contributed by atoms with Gasteiger partial charge in [0.2, 0.25) is 15.9 Å². The van der Waals surface area contributed by atoms with Crippen LogP contribution in [-0.4, -0.2) is 92.5 Å². The van der Waals surface area contributed by atoms with Crippen molar-refractivity contribution in [3.8, 4) is 0 Å². The van der Waals surface area contributed by atoms with Gasteiger partial charge in [-0.1, -0.05) is 18.2 Å². The molecule has 0 N–H and O–H groups in total. The van der Waals surface area contributed by atoms with E-state index in [2.05, 4.69) is 0 Å². The van der Waals surface area contributed by atoms with Crippen LogP contribution in [0.15, 0.2) is 35.2 Å². The van der Waals surface area contributed by atoms with E-state index in [9.17, 15) is 22.8 Å². The molecule has 1 aromatic carbocycles. The third-order valence-electron chi connectivity index (χ3n) is 5.49. The van der Waals surface area contributed by atoms with Gasteiger partial charge < -0.3 is 14.4 Å². The molecule has 0 spiro atoms. The maximum absolute atomic E-state index is 12.7. The van der Waals surface area contributed by atoms with Crippen LogP contribution in [0.5, 0.6) is 0 Å². The number of benzene rings is 1. The molecule has 2 heterocycles. The summed E-state index contributed by atoms with van der Waals surface area (Å²) in [6.07, 6.45) is 0.370. The van der Waals surface area contributed by atoms with E-state index in [1.54, 1.807) is 30.0 Å². The quantitative estimate of drug-likeness (QED) is 0.558. The van der Waals surface area contributed by atoms with E-state index in [0.717, 1.165) is 4.31 Å². The van der Waals surface area contributed by atoms with E-state index in [1.165, 1.54) is 24.1 Å². The molecule has 1 aromatic rings. The highest BCUT2D eigenvalue weighted by molar-refractivity contribution is 7.89. The van der Waals surface area contributed by atoms with E-state index in [4.69, 9.17) is 9.47 Å². The average molecular weight is 454 g/mol. The van der Waals surface area contributed by atoms with Crippen LogP contribution in [0.1, 0.15) is 19.8 Å². The molecule has 0 aromatic heterocycles. The van der Waals surface area contributed by atoms with Crippen molar-refractivity contribution in [2.45, 2.75) is 36.7 Å². The van der Waals surface area contributed by atoms with Crippen LogP contribution in [-0.2, 0) is 29.1 Å². The molecule has 2 aliphatic rings. The van der Waals surface area contributed by atoms with Gasteiger partial charge in [0.05, 0.1) is 18.0 Å². The number of hydrogen-bond donors (Lipinski definition) is 0. The number of amides is 2. The normalized spacial score (nSPS) is 20.1. The van der Waals surface area contributed by atoms with E-state index in [1.807, 2.05) is 0 Å². The predicted molar refractivity (Wildman–Crippen MR) is 109 cm³/mol. The first kappa shape index (κ1) is 23.0. The third kappa shape index (κ3) is 4.99. The Morgan fingerprint density at radius 2 is 1.84 bits per heavy atom. The first-order chi connectivity index (χ1) is 14.8. The van der Waals surface area contributed by atoms with Crippen molar-refractivity contribution < 1.29 is 32.3 Å². The highest BCUT2D eigenvalue weighted by Crippen LogP contribution is 2.25. The molecule has 11 heteroatoms. The van der Waals surface area contributed by atoms with Gasteiger partial charge in [0, 0.05) is 26.2 Å². The van der Waals surface area contributed by atoms with Gasteiger partial charge in [0.25, 0.3) is 0 Å². The molecule has 31 heavy (non-hydrogen) atoms. The average Bonchev–Trinajstić information content (AvgIpc) is 3.16. The molecule has 0 aliphatic carbocycles. The fraction of sp³-hybridized carbons (Fsp3) is 0.550. The van der Waals surface area contributed by atoms with E-state index in [0.29, 0.717) is 25.9 Å². The number of carbonyl (C=O) groups excluding carboxylic acids is 3. The van der Waals surface area contributed by atoms with Crippen molar-refractivity contribution in [1.82, 2.24) is 14.1 Å². The van der Waals surface area contributed by atoms with Gasteiger partial charge in [-0.3, -0.25) is 9.69 Å². The second kappa shape index (κ2) is 9.65. The second-order valence-electron chi connectivity index (χ2n) is 7.44. The molecule has 0 bridgehead atoms. The summed E-state index contributed by atoms with van der Waals surface area (Å²) in [5, 5.41) is 0. The highest BCUT2D eigenvalue weighted by Gasteiger charge is 2.44. The lowest BCUT2D eigenvalue weighted by atomic mass is 10.0. The van der Waals surface area contributed by atoms with Gasteiger partial charge in [-0.05, 0) is 31.9 Å². The van der Waals surface area contributed by atoms with Crippen molar-refractivity contribution in [2.75, 3.05) is 39.9 Å². The summed E-state index contributed by atoms with van der Waals surface area (Å²) in [7, 11) is -2.39. The smallest absolute Gasteiger partial charge is 0.410 e. The molecule has 10 nitrogen and oxygen atoms in total. The Labute approximate surface area is 181 Å². The summed E-state index contributed by atoms with van der Waals surface area (Å²) in [6, 6.07) is 6.91. The molecule has 2 aliphatic heterocycles. The minimum Gasteiger partial charge on any atom is -0.464 e. The monoisotopic (exact) mass is 453 g/mol. The Morgan fingerprint density at radius 1 is 1.19 bits per heavy atom. The Bertz CT molecular complexity index is 914. The summed E-state index contributed by atoms with van der Waals surface area (Å²) in [5.74, 6) is -0.814. The molecular formula is C20H27N3O7S. The summed E-state index contributed by atoms with van der Waals surface area (Å²) >= 11 is 0. The van der Waals surface area contributed by atoms with Gasteiger partial charge in [-0.25, -0.2) is 18.0 Å². The predicted octanol–water partition coefficient (Wildman–Crippen LogP) is 0.682. The maximum atomic E-state index is 12.7. The molecule has 170 valence electrons. The van der Waals surface area contributed by atoms with Gasteiger partial charge >= 0.3 is 12.1 Å². The van der Waals surface area contributed by atoms with Crippen LogP contribution >= 0.6 is 0 Å². The summed E-state index contributed by atoms with van der Waals surface area (Å²) in [5.41, 5.74) is 0. The van der Waals surface area contributed by atoms with Crippen LogP contribution in [0, 0.1) is 0 Å². The fourth-order valence-electron chi connectivity index (χ4n) is 3.80. The number of ether oxygens (including phenoxy) is 2. The minimum atomic E-state index is -3.76. The third-order valence-corrected chi connectivity index (χ3v) is 7.31. The van der Waals surface area contributed by atoms with E-state index >= 15 is 0 Å². The summed E-state index contributed by atoms with van der Waals surface area (Å²) in [6.45, 7) is 2.28. The fourth-order valence-corrected chi connectivity index (χ4v) is 4.94. The van der Waals surface area contributed by atoms with Gasteiger partial charge in [0.15, 0.2) is 6.04 Å². The van der Waals surface area contributed by atoms with Crippen molar-refractivity contribution in [3.63, 3.8) is 0 Å².